The van der Waals surface area contributed by atoms with E-state index in [2.05, 4.69) is 15.6 Å². The van der Waals surface area contributed by atoms with Crippen LogP contribution >= 0.6 is 11.6 Å². The summed E-state index contributed by atoms with van der Waals surface area (Å²) >= 11 is 5.59. The molecule has 1 heterocycles. The third kappa shape index (κ3) is 3.82. The van der Waals surface area contributed by atoms with Gasteiger partial charge in [0, 0.05) is 7.05 Å². The molecule has 0 aliphatic rings. The number of halogens is 1. The van der Waals surface area contributed by atoms with E-state index in [-0.39, 0.29) is 5.82 Å². The van der Waals surface area contributed by atoms with Crippen LogP contribution in [0.1, 0.15) is 0 Å². The summed E-state index contributed by atoms with van der Waals surface area (Å²) in [7, 11) is 1.58. The molecule has 0 fully saturated rings. The molecule has 0 amide bonds. The molecule has 0 spiro atoms. The Balaban J connectivity index is 2.75. The number of nitrogens with zero attached hydrogens (tertiary/aromatic N) is 2. The van der Waals surface area contributed by atoms with Gasteiger partial charge in [-0.2, -0.15) is 0 Å². The number of aromatic nitrogens is 1. The lowest BCUT2D eigenvalue weighted by atomic mass is 10.4. The highest BCUT2D eigenvalue weighted by Crippen LogP contribution is 2.10. The predicted octanol–water partition coefficient (Wildman–Crippen LogP) is 1.44. The minimum Gasteiger partial charge on any atom is -0.370 e. The van der Waals surface area contributed by atoms with Gasteiger partial charge < -0.3 is 10.6 Å². The quantitative estimate of drug-likeness (QED) is 0.463. The van der Waals surface area contributed by atoms with Crippen LogP contribution < -0.4 is 10.6 Å². The number of nitro groups is 1. The molecule has 7 heteroatoms. The Hall–Kier alpha value is -1.82. The van der Waals surface area contributed by atoms with Crippen LogP contribution in [0.3, 0.4) is 0 Å². The maximum absolute atomic E-state index is 10.2. The van der Waals surface area contributed by atoms with Crippen molar-refractivity contribution in [2.24, 2.45) is 0 Å². The third-order valence-electron chi connectivity index (χ3n) is 1.51. The summed E-state index contributed by atoms with van der Waals surface area (Å²) in [4.78, 5) is 13.5. The van der Waals surface area contributed by atoms with E-state index in [1.54, 1.807) is 19.2 Å². The first kappa shape index (κ1) is 11.3. The highest BCUT2D eigenvalue weighted by Gasteiger charge is 2.01. The van der Waals surface area contributed by atoms with Crippen molar-refractivity contribution in [3.8, 4) is 0 Å². The van der Waals surface area contributed by atoms with Crippen molar-refractivity contribution >= 4 is 17.3 Å². The van der Waals surface area contributed by atoms with E-state index in [0.717, 1.165) is 6.20 Å². The average Bonchev–Trinajstić information content (AvgIpc) is 2.19. The van der Waals surface area contributed by atoms with E-state index < -0.39 is 4.92 Å². The zero-order valence-electron chi connectivity index (χ0n) is 7.90. The highest BCUT2D eigenvalue weighted by atomic mass is 35.5. The normalized spacial score (nSPS) is 10.9. The largest absolute Gasteiger partial charge is 0.370 e. The van der Waals surface area contributed by atoms with Crippen molar-refractivity contribution in [1.82, 2.24) is 10.3 Å². The molecular weight excluding hydrogens is 220 g/mol. The number of hydrogen-bond donors (Lipinski definition) is 2. The fraction of sp³-hybridized carbons (Fsp3) is 0.125. The van der Waals surface area contributed by atoms with Crippen molar-refractivity contribution in [3.05, 3.63) is 45.6 Å². The Bertz CT molecular complexity index is 377. The van der Waals surface area contributed by atoms with Gasteiger partial charge in [0.05, 0.1) is 16.8 Å². The zero-order valence-corrected chi connectivity index (χ0v) is 8.65. The van der Waals surface area contributed by atoms with Gasteiger partial charge >= 0.3 is 0 Å². The molecule has 6 nitrogen and oxygen atoms in total. The summed E-state index contributed by atoms with van der Waals surface area (Å²) in [6, 6.07) is 3.25. The van der Waals surface area contributed by atoms with Crippen molar-refractivity contribution in [2.75, 3.05) is 12.4 Å². The first-order valence-electron chi connectivity index (χ1n) is 4.03. The molecule has 0 aromatic carbocycles. The molecule has 0 radical (unpaired) electrons. The summed E-state index contributed by atoms with van der Waals surface area (Å²) in [6.07, 6.45) is 2.31. The first-order chi connectivity index (χ1) is 7.11. The lowest BCUT2D eigenvalue weighted by Gasteiger charge is -2.06. The van der Waals surface area contributed by atoms with E-state index in [1.165, 1.54) is 6.20 Å². The van der Waals surface area contributed by atoms with Gasteiger partial charge in [-0.05, 0) is 12.1 Å². The molecule has 1 aromatic heterocycles. The Morgan fingerprint density at radius 2 is 2.40 bits per heavy atom. The van der Waals surface area contributed by atoms with E-state index in [0.29, 0.717) is 10.8 Å². The number of hydrogen-bond acceptors (Lipinski definition) is 5. The lowest BCUT2D eigenvalue weighted by molar-refractivity contribution is -0.403. The van der Waals surface area contributed by atoms with E-state index >= 15 is 0 Å². The van der Waals surface area contributed by atoms with Gasteiger partial charge in [-0.15, -0.1) is 0 Å². The molecule has 2 N–H and O–H groups in total. The molecule has 0 atom stereocenters. The number of rotatable bonds is 4. The minimum absolute atomic E-state index is 0.268. The van der Waals surface area contributed by atoms with Gasteiger partial charge in [-0.1, -0.05) is 11.6 Å². The molecule has 0 unspecified atom stereocenters. The molecule has 0 saturated carbocycles. The van der Waals surface area contributed by atoms with Gasteiger partial charge in [0.2, 0.25) is 0 Å². The molecule has 0 saturated heterocycles. The van der Waals surface area contributed by atoms with Crippen LogP contribution in [0.5, 0.6) is 0 Å². The summed E-state index contributed by atoms with van der Waals surface area (Å²) in [5.41, 5.74) is 0.613. The van der Waals surface area contributed by atoms with Gasteiger partial charge in [-0.3, -0.25) is 10.1 Å². The third-order valence-corrected chi connectivity index (χ3v) is 1.73. The zero-order chi connectivity index (χ0) is 11.3. The second kappa shape index (κ2) is 5.16. The molecule has 0 aliphatic carbocycles. The number of pyridine rings is 1. The molecule has 15 heavy (non-hydrogen) atoms. The molecule has 1 rings (SSSR count). The van der Waals surface area contributed by atoms with Crippen LogP contribution in [0.4, 0.5) is 5.69 Å². The smallest absolute Gasteiger partial charge is 0.274 e. The Kier molecular flexibility index (Phi) is 3.87. The average molecular weight is 229 g/mol. The molecule has 80 valence electrons. The fourth-order valence-electron chi connectivity index (χ4n) is 0.870. The molecule has 0 aliphatic heterocycles. The van der Waals surface area contributed by atoms with Gasteiger partial charge in [-0.25, -0.2) is 4.98 Å². The van der Waals surface area contributed by atoms with Crippen LogP contribution in [0.25, 0.3) is 0 Å². The monoisotopic (exact) mass is 228 g/mol. The van der Waals surface area contributed by atoms with Crippen LogP contribution in [-0.4, -0.2) is 17.0 Å². The number of anilines is 1. The van der Waals surface area contributed by atoms with Crippen LogP contribution in [0.2, 0.25) is 5.15 Å². The second-order valence-electron chi connectivity index (χ2n) is 2.57. The van der Waals surface area contributed by atoms with Crippen molar-refractivity contribution in [1.29, 1.82) is 0 Å². The Labute approximate surface area is 91.1 Å². The van der Waals surface area contributed by atoms with Crippen molar-refractivity contribution in [3.63, 3.8) is 0 Å². The summed E-state index contributed by atoms with van der Waals surface area (Å²) in [5.74, 6) is 0.268. The van der Waals surface area contributed by atoms with Crippen LogP contribution in [0, 0.1) is 10.1 Å². The van der Waals surface area contributed by atoms with Gasteiger partial charge in [0.25, 0.3) is 6.20 Å². The standard InChI is InChI=1S/C8H9ClN4O2/c1-10-8(5-13(14)15)12-6-2-3-7(9)11-4-6/h2-5,10,12H,1H3/b8-5-. The summed E-state index contributed by atoms with van der Waals surface area (Å²) in [6.45, 7) is 0. The minimum atomic E-state index is -0.553. The van der Waals surface area contributed by atoms with Gasteiger partial charge in [0.1, 0.15) is 5.15 Å². The maximum Gasteiger partial charge on any atom is 0.274 e. The molecule has 0 bridgehead atoms. The van der Waals surface area contributed by atoms with Crippen molar-refractivity contribution in [2.45, 2.75) is 0 Å². The van der Waals surface area contributed by atoms with E-state index in [9.17, 15) is 10.1 Å². The first-order valence-corrected chi connectivity index (χ1v) is 4.41. The Morgan fingerprint density at radius 3 is 2.87 bits per heavy atom. The van der Waals surface area contributed by atoms with E-state index in [1.807, 2.05) is 0 Å². The summed E-state index contributed by atoms with van der Waals surface area (Å²) < 4.78 is 0. The van der Waals surface area contributed by atoms with Crippen LogP contribution in [0.15, 0.2) is 30.4 Å². The number of nitrogens with one attached hydrogen (secondary N) is 2. The summed E-state index contributed by atoms with van der Waals surface area (Å²) in [5, 5.41) is 16.0. The Morgan fingerprint density at radius 1 is 1.67 bits per heavy atom. The fourth-order valence-corrected chi connectivity index (χ4v) is 0.982. The SMILES string of the molecule is CN/C(=C/[N+](=O)[O-])Nc1ccc(Cl)nc1. The molecule has 1 aromatic rings. The highest BCUT2D eigenvalue weighted by molar-refractivity contribution is 6.29. The topological polar surface area (TPSA) is 80.1 Å². The van der Waals surface area contributed by atoms with Gasteiger partial charge in [0.15, 0.2) is 5.82 Å². The predicted molar refractivity (Wildman–Crippen MR) is 57.0 cm³/mol. The second-order valence-corrected chi connectivity index (χ2v) is 2.96. The maximum atomic E-state index is 10.2. The lowest BCUT2D eigenvalue weighted by Crippen LogP contribution is -2.16. The van der Waals surface area contributed by atoms with Crippen LogP contribution in [-0.2, 0) is 0 Å². The van der Waals surface area contributed by atoms with E-state index in [4.69, 9.17) is 11.6 Å². The van der Waals surface area contributed by atoms with Crippen molar-refractivity contribution < 1.29 is 4.92 Å². The molecular formula is C8H9ClN4O2.